The van der Waals surface area contributed by atoms with Gasteiger partial charge in [0.05, 0.1) is 4.75 Å². The van der Waals surface area contributed by atoms with Crippen molar-refractivity contribution in [2.24, 2.45) is 11.8 Å². The fraction of sp³-hybridized carbons (Fsp3) is 1.00. The second-order valence-corrected chi connectivity index (χ2v) is 9.36. The van der Waals surface area contributed by atoms with Crippen LogP contribution >= 0.6 is 0 Å². The lowest BCUT2D eigenvalue weighted by Crippen LogP contribution is -2.49. The van der Waals surface area contributed by atoms with Gasteiger partial charge in [-0.1, -0.05) is 26.7 Å². The van der Waals surface area contributed by atoms with E-state index in [1.807, 2.05) is 13.8 Å². The van der Waals surface area contributed by atoms with E-state index in [2.05, 4.69) is 19.2 Å². The van der Waals surface area contributed by atoms with Crippen molar-refractivity contribution in [1.82, 2.24) is 5.32 Å². The van der Waals surface area contributed by atoms with Gasteiger partial charge in [-0.2, -0.15) is 0 Å². The Bertz CT molecular complexity index is 360. The van der Waals surface area contributed by atoms with Crippen molar-refractivity contribution in [2.75, 3.05) is 12.8 Å². The first-order chi connectivity index (χ1) is 8.15. The molecule has 1 aliphatic rings. The lowest BCUT2D eigenvalue weighted by Gasteiger charge is -2.37. The van der Waals surface area contributed by atoms with Crippen molar-refractivity contribution in [3.63, 3.8) is 0 Å². The molecule has 0 spiro atoms. The highest BCUT2D eigenvalue weighted by Crippen LogP contribution is 2.30. The van der Waals surface area contributed by atoms with E-state index in [1.165, 1.54) is 31.9 Å². The van der Waals surface area contributed by atoms with Gasteiger partial charge in [0.2, 0.25) is 0 Å². The topological polar surface area (TPSA) is 46.2 Å². The van der Waals surface area contributed by atoms with Crippen molar-refractivity contribution in [2.45, 2.75) is 64.2 Å². The monoisotopic (exact) mass is 275 g/mol. The number of sulfone groups is 1. The minimum absolute atomic E-state index is 0.486. The van der Waals surface area contributed by atoms with Crippen LogP contribution in [0.2, 0.25) is 0 Å². The Kier molecular flexibility index (Phi) is 5.24. The Hall–Kier alpha value is -0.0900. The van der Waals surface area contributed by atoms with E-state index in [0.717, 1.165) is 0 Å². The highest BCUT2D eigenvalue weighted by Gasteiger charge is 2.33. The van der Waals surface area contributed by atoms with Crippen molar-refractivity contribution in [3.05, 3.63) is 0 Å². The van der Waals surface area contributed by atoms with Gasteiger partial charge in [0.15, 0.2) is 9.84 Å². The van der Waals surface area contributed by atoms with E-state index >= 15 is 0 Å². The van der Waals surface area contributed by atoms with Gasteiger partial charge >= 0.3 is 0 Å². The van der Waals surface area contributed by atoms with E-state index in [-0.39, 0.29) is 0 Å². The predicted octanol–water partition coefficient (Wildman–Crippen LogP) is 2.61. The first-order valence-electron chi connectivity index (χ1n) is 7.08. The summed E-state index contributed by atoms with van der Waals surface area (Å²) < 4.78 is 22.7. The molecule has 1 N–H and O–H groups in total. The minimum atomic E-state index is -3.00. The van der Waals surface area contributed by atoms with Crippen LogP contribution in [0.25, 0.3) is 0 Å². The molecular weight excluding hydrogens is 246 g/mol. The van der Waals surface area contributed by atoms with Crippen molar-refractivity contribution < 1.29 is 8.42 Å². The zero-order valence-electron chi connectivity index (χ0n) is 12.5. The molecule has 18 heavy (non-hydrogen) atoms. The van der Waals surface area contributed by atoms with Crippen LogP contribution in [-0.4, -0.2) is 32.0 Å². The standard InChI is InChI=1S/C14H29NO2S/c1-11(2)12-8-6-7-9-13(12)15-10-14(3,4)18(5,16)17/h11-13,15H,6-10H2,1-5H3. The molecule has 0 saturated heterocycles. The Balaban J connectivity index is 2.61. The van der Waals surface area contributed by atoms with Crippen LogP contribution in [-0.2, 0) is 9.84 Å². The normalized spacial score (nSPS) is 26.6. The Morgan fingerprint density at radius 3 is 2.28 bits per heavy atom. The molecule has 0 aromatic rings. The summed E-state index contributed by atoms with van der Waals surface area (Å²) in [7, 11) is -3.00. The molecule has 0 amide bonds. The van der Waals surface area contributed by atoms with Gasteiger partial charge in [-0.3, -0.25) is 0 Å². The van der Waals surface area contributed by atoms with Gasteiger partial charge in [-0.15, -0.1) is 0 Å². The summed E-state index contributed by atoms with van der Waals surface area (Å²) in [6, 6.07) is 0.486. The summed E-state index contributed by atoms with van der Waals surface area (Å²) in [5.41, 5.74) is 0. The van der Waals surface area contributed by atoms with Crippen LogP contribution in [0.3, 0.4) is 0 Å². The average Bonchev–Trinajstić information content (AvgIpc) is 2.25. The van der Waals surface area contributed by atoms with Crippen LogP contribution in [0.15, 0.2) is 0 Å². The number of hydrogen-bond donors (Lipinski definition) is 1. The summed E-state index contributed by atoms with van der Waals surface area (Å²) in [5, 5.41) is 3.52. The number of rotatable bonds is 5. The summed E-state index contributed by atoms with van der Waals surface area (Å²) in [6.07, 6.45) is 6.36. The summed E-state index contributed by atoms with van der Waals surface area (Å²) >= 11 is 0. The van der Waals surface area contributed by atoms with Gasteiger partial charge in [0.1, 0.15) is 0 Å². The van der Waals surface area contributed by atoms with Crippen molar-refractivity contribution in [1.29, 1.82) is 0 Å². The molecule has 0 aromatic carbocycles. The van der Waals surface area contributed by atoms with E-state index in [9.17, 15) is 8.42 Å². The maximum atomic E-state index is 11.7. The molecule has 0 bridgehead atoms. The molecule has 0 heterocycles. The molecule has 1 saturated carbocycles. The summed E-state index contributed by atoms with van der Waals surface area (Å²) in [4.78, 5) is 0. The first-order valence-corrected chi connectivity index (χ1v) is 8.97. The third kappa shape index (κ3) is 3.95. The Morgan fingerprint density at radius 1 is 1.22 bits per heavy atom. The molecule has 4 heteroatoms. The maximum absolute atomic E-state index is 11.7. The zero-order chi connectivity index (χ0) is 14.0. The van der Waals surface area contributed by atoms with Crippen LogP contribution in [0.5, 0.6) is 0 Å². The third-order valence-corrected chi connectivity index (χ3v) is 6.62. The van der Waals surface area contributed by atoms with E-state index in [0.29, 0.717) is 24.4 Å². The molecule has 0 aliphatic heterocycles. The molecule has 108 valence electrons. The molecule has 3 nitrogen and oxygen atoms in total. The lowest BCUT2D eigenvalue weighted by atomic mass is 9.78. The largest absolute Gasteiger partial charge is 0.312 e. The molecule has 1 aliphatic carbocycles. The zero-order valence-corrected chi connectivity index (χ0v) is 13.3. The number of hydrogen-bond acceptors (Lipinski definition) is 3. The minimum Gasteiger partial charge on any atom is -0.312 e. The molecular formula is C14H29NO2S. The molecule has 0 radical (unpaired) electrons. The second-order valence-electron chi connectivity index (χ2n) is 6.71. The smallest absolute Gasteiger partial charge is 0.153 e. The molecule has 2 unspecified atom stereocenters. The van der Waals surface area contributed by atoms with Crippen LogP contribution < -0.4 is 5.32 Å². The average molecular weight is 275 g/mol. The van der Waals surface area contributed by atoms with Crippen LogP contribution in [0.4, 0.5) is 0 Å². The summed E-state index contributed by atoms with van der Waals surface area (Å²) in [5.74, 6) is 1.36. The fourth-order valence-corrected chi connectivity index (χ4v) is 3.06. The summed E-state index contributed by atoms with van der Waals surface area (Å²) in [6.45, 7) is 8.71. The quantitative estimate of drug-likeness (QED) is 0.839. The maximum Gasteiger partial charge on any atom is 0.153 e. The number of nitrogens with one attached hydrogen (secondary N) is 1. The first kappa shape index (κ1) is 16.0. The Labute approximate surface area is 113 Å². The van der Waals surface area contributed by atoms with Crippen molar-refractivity contribution >= 4 is 9.84 Å². The Morgan fingerprint density at radius 2 is 1.78 bits per heavy atom. The van der Waals surface area contributed by atoms with Crippen LogP contribution in [0, 0.1) is 11.8 Å². The molecule has 0 aromatic heterocycles. The van der Waals surface area contributed by atoms with E-state index in [1.54, 1.807) is 0 Å². The van der Waals surface area contributed by atoms with Gasteiger partial charge < -0.3 is 5.32 Å². The fourth-order valence-electron chi connectivity index (χ4n) is 2.72. The third-order valence-electron chi connectivity index (χ3n) is 4.47. The molecule has 1 fully saturated rings. The second kappa shape index (κ2) is 5.91. The highest BCUT2D eigenvalue weighted by atomic mass is 32.2. The molecule has 2 atom stereocenters. The van der Waals surface area contributed by atoms with E-state index < -0.39 is 14.6 Å². The highest BCUT2D eigenvalue weighted by molar-refractivity contribution is 7.92. The van der Waals surface area contributed by atoms with Gasteiger partial charge in [0.25, 0.3) is 0 Å². The molecule has 1 rings (SSSR count). The lowest BCUT2D eigenvalue weighted by molar-refractivity contribution is 0.203. The predicted molar refractivity (Wildman–Crippen MR) is 77.5 cm³/mol. The van der Waals surface area contributed by atoms with Crippen LogP contribution in [0.1, 0.15) is 53.4 Å². The van der Waals surface area contributed by atoms with Crippen molar-refractivity contribution in [3.8, 4) is 0 Å². The SMILES string of the molecule is CC(C)C1CCCCC1NCC(C)(C)S(C)(=O)=O. The van der Waals surface area contributed by atoms with Gasteiger partial charge in [-0.25, -0.2) is 8.42 Å². The van der Waals surface area contributed by atoms with E-state index in [4.69, 9.17) is 0 Å². The van der Waals surface area contributed by atoms with Gasteiger partial charge in [0, 0.05) is 18.8 Å². The van der Waals surface area contributed by atoms with Gasteiger partial charge in [-0.05, 0) is 38.5 Å².